The van der Waals surface area contributed by atoms with Crippen molar-refractivity contribution in [2.45, 2.75) is 19.0 Å². The van der Waals surface area contributed by atoms with Gasteiger partial charge in [0.25, 0.3) is 5.69 Å². The van der Waals surface area contributed by atoms with Gasteiger partial charge in [0.1, 0.15) is 0 Å². The van der Waals surface area contributed by atoms with Crippen molar-refractivity contribution in [3.8, 4) is 0 Å². The van der Waals surface area contributed by atoms with Crippen molar-refractivity contribution in [1.82, 2.24) is 0 Å². The van der Waals surface area contributed by atoms with E-state index in [1.807, 2.05) is 0 Å². The van der Waals surface area contributed by atoms with Gasteiger partial charge in [0.15, 0.2) is 31.4 Å². The van der Waals surface area contributed by atoms with Crippen molar-refractivity contribution < 1.29 is 36.7 Å². The van der Waals surface area contributed by atoms with Crippen molar-refractivity contribution >= 4 is 22.7 Å². The zero-order chi connectivity index (χ0) is 16.6. The average molecular weight is 398 g/mol. The summed E-state index contributed by atoms with van der Waals surface area (Å²) in [6.45, 7) is 0.335. The number of hydrogen-bond acceptors (Lipinski definition) is 7. The van der Waals surface area contributed by atoms with E-state index in [0.29, 0.717) is 29.2 Å². The smallest absolute Gasteiger partial charge is 0.272 e. The van der Waals surface area contributed by atoms with Gasteiger partial charge in [-0.2, -0.15) is 0 Å². The van der Waals surface area contributed by atoms with Crippen LogP contribution in [0.4, 0.5) is 22.7 Å². The number of nitro benzene ring substituents is 1. The molecule has 10 heteroatoms. The first-order valence-corrected chi connectivity index (χ1v) is 6.89. The maximum atomic E-state index is 11.1. The summed E-state index contributed by atoms with van der Waals surface area (Å²) in [4.78, 5) is 10.6. The van der Waals surface area contributed by atoms with Gasteiger partial charge in [-0.15, -0.1) is 0 Å². The summed E-state index contributed by atoms with van der Waals surface area (Å²) in [5.74, 6) is 0. The lowest BCUT2D eigenvalue weighted by molar-refractivity contribution is -0.688. The Kier molecular flexibility index (Phi) is 5.22. The molecule has 0 radical (unpaired) electrons. The first-order valence-electron chi connectivity index (χ1n) is 6.89. The molecule has 128 valence electrons. The van der Waals surface area contributed by atoms with Crippen molar-refractivity contribution in [3.05, 3.63) is 52.3 Å². The summed E-state index contributed by atoms with van der Waals surface area (Å²) in [5, 5.41) is 35.9. The van der Waals surface area contributed by atoms with Crippen LogP contribution < -0.4 is 37.9 Å². The van der Waals surface area contributed by atoms with Gasteiger partial charge in [0.2, 0.25) is 0 Å². The largest absolute Gasteiger partial charge is 1.00 e. The number of anilines is 3. The number of pyridine rings is 1. The fourth-order valence-corrected chi connectivity index (χ4v) is 2.44. The second kappa shape index (κ2) is 6.99. The van der Waals surface area contributed by atoms with Crippen LogP contribution >= 0.6 is 0 Å². The fourth-order valence-electron chi connectivity index (χ4n) is 2.44. The van der Waals surface area contributed by atoms with E-state index in [4.69, 9.17) is 5.73 Å². The molecule has 24 heavy (non-hydrogen) atoms. The van der Waals surface area contributed by atoms with Gasteiger partial charge >= 0.3 is 0 Å². The minimum absolute atomic E-state index is 0. The third-order valence-corrected chi connectivity index (χ3v) is 3.58. The van der Waals surface area contributed by atoms with E-state index >= 15 is 0 Å². The van der Waals surface area contributed by atoms with Gasteiger partial charge < -0.3 is 43.6 Å². The summed E-state index contributed by atoms with van der Waals surface area (Å²) in [6, 6.07) is 6.18. The van der Waals surface area contributed by atoms with E-state index in [1.54, 1.807) is 29.1 Å². The van der Waals surface area contributed by atoms with Crippen LogP contribution in [0.1, 0.15) is 5.56 Å². The first-order chi connectivity index (χ1) is 10.9. The number of fused-ring (bicyclic) bond motifs is 1. The van der Waals surface area contributed by atoms with Crippen molar-refractivity contribution in [2.75, 3.05) is 16.4 Å². The van der Waals surface area contributed by atoms with Crippen molar-refractivity contribution in [2.24, 2.45) is 0 Å². The van der Waals surface area contributed by atoms with Crippen LogP contribution in [-0.2, 0) is 6.54 Å². The highest BCUT2D eigenvalue weighted by molar-refractivity contribution is 5.77. The van der Waals surface area contributed by atoms with Crippen LogP contribution in [0.5, 0.6) is 0 Å². The van der Waals surface area contributed by atoms with Gasteiger partial charge in [-0.05, 0) is 0 Å². The molecule has 3 rings (SSSR count). The fraction of sp³-hybridized carbons (Fsp3) is 0.214. The number of nitrogens with one attached hydrogen (secondary N) is 2. The van der Waals surface area contributed by atoms with Crippen molar-refractivity contribution in [3.63, 3.8) is 0 Å². The number of halogens is 1. The molecule has 2 heterocycles. The Hall–Kier alpha value is -2.43. The number of nitrogens with zero attached hydrogens (tertiary/aromatic N) is 2. The highest BCUT2D eigenvalue weighted by Crippen LogP contribution is 2.35. The topological polar surface area (TPSA) is 138 Å². The summed E-state index contributed by atoms with van der Waals surface area (Å²) in [6.07, 6.45) is 1.05. The number of nitro groups is 1. The standard InChI is InChI=1S/C14H15N5O4.BrH/c15-9-1-3-18(4-2-9)7-8-5-10(19(22)23)6-11-12(8)17-14(21)13(20)16-11;/h1-6,13-17,20-21H,7H2;1H. The Morgan fingerprint density at radius 1 is 1.21 bits per heavy atom. The minimum Gasteiger partial charge on any atom is -1.00 e. The third-order valence-electron chi connectivity index (χ3n) is 3.58. The van der Waals surface area contributed by atoms with E-state index in [2.05, 4.69) is 10.6 Å². The molecule has 1 aliphatic rings. The van der Waals surface area contributed by atoms with Crippen LogP contribution in [-0.4, -0.2) is 27.6 Å². The van der Waals surface area contributed by atoms with Gasteiger partial charge in [-0.25, -0.2) is 4.57 Å². The summed E-state index contributed by atoms with van der Waals surface area (Å²) >= 11 is 0. The number of nitrogen functional groups attached to an aromatic ring is 1. The molecule has 0 fully saturated rings. The lowest BCUT2D eigenvalue weighted by atomic mass is 10.1. The van der Waals surface area contributed by atoms with Gasteiger partial charge in [-0.1, -0.05) is 0 Å². The van der Waals surface area contributed by atoms with Crippen LogP contribution in [0.3, 0.4) is 0 Å². The summed E-state index contributed by atoms with van der Waals surface area (Å²) in [7, 11) is 0. The maximum Gasteiger partial charge on any atom is 0.272 e. The number of nitrogens with two attached hydrogens (primary N) is 1. The van der Waals surface area contributed by atoms with Gasteiger partial charge in [-0.3, -0.25) is 10.1 Å². The van der Waals surface area contributed by atoms with E-state index < -0.39 is 17.4 Å². The molecule has 1 aliphatic heterocycles. The predicted molar refractivity (Wildman–Crippen MR) is 82.5 cm³/mol. The van der Waals surface area contributed by atoms with Crippen LogP contribution in [0.25, 0.3) is 0 Å². The van der Waals surface area contributed by atoms with Crippen LogP contribution in [0, 0.1) is 10.1 Å². The molecule has 2 aromatic rings. The van der Waals surface area contributed by atoms with Crippen molar-refractivity contribution in [1.29, 1.82) is 0 Å². The highest BCUT2D eigenvalue weighted by Gasteiger charge is 2.28. The average Bonchev–Trinajstić information content (AvgIpc) is 2.51. The van der Waals surface area contributed by atoms with Gasteiger partial charge in [0.05, 0.1) is 16.3 Å². The SMILES string of the molecule is Nc1cc[n+](Cc2cc([N+](=O)[O-])cc3c2NC(O)C(O)N3)cc1.[Br-]. The molecule has 1 aromatic heterocycles. The van der Waals surface area contributed by atoms with E-state index in [9.17, 15) is 20.3 Å². The third kappa shape index (κ3) is 3.55. The van der Waals surface area contributed by atoms with E-state index in [1.165, 1.54) is 12.1 Å². The molecular formula is C14H16BrN5O4. The molecule has 0 saturated heterocycles. The van der Waals surface area contributed by atoms with E-state index in [-0.39, 0.29) is 22.7 Å². The maximum absolute atomic E-state index is 11.1. The summed E-state index contributed by atoms with van der Waals surface area (Å²) < 4.78 is 1.80. The van der Waals surface area contributed by atoms with Crippen LogP contribution in [0.15, 0.2) is 36.7 Å². The molecule has 0 spiro atoms. The zero-order valence-corrected chi connectivity index (χ0v) is 14.0. The predicted octanol–water partition coefficient (Wildman–Crippen LogP) is -3.01. The molecule has 6 N–H and O–H groups in total. The Bertz CT molecular complexity index is 756. The lowest BCUT2D eigenvalue weighted by Crippen LogP contribution is -3.00. The second-order valence-electron chi connectivity index (χ2n) is 5.27. The number of rotatable bonds is 3. The van der Waals surface area contributed by atoms with Gasteiger partial charge in [0, 0.05) is 35.5 Å². The highest BCUT2D eigenvalue weighted by atomic mass is 79.9. The van der Waals surface area contributed by atoms with Crippen LogP contribution in [0.2, 0.25) is 0 Å². The Labute approximate surface area is 147 Å². The molecule has 2 atom stereocenters. The Morgan fingerprint density at radius 2 is 1.83 bits per heavy atom. The first kappa shape index (κ1) is 17.9. The monoisotopic (exact) mass is 397 g/mol. The molecular weight excluding hydrogens is 382 g/mol. The molecule has 0 aliphatic carbocycles. The normalized spacial score (nSPS) is 18.6. The number of non-ortho nitro benzene ring substituents is 1. The molecule has 0 amide bonds. The number of aliphatic hydroxyl groups is 2. The quantitative estimate of drug-likeness (QED) is 0.211. The number of benzene rings is 1. The van der Waals surface area contributed by atoms with E-state index in [0.717, 1.165) is 0 Å². The Morgan fingerprint density at radius 3 is 2.46 bits per heavy atom. The number of aliphatic hydroxyl groups excluding tert-OH is 2. The zero-order valence-electron chi connectivity index (χ0n) is 12.4. The summed E-state index contributed by atoms with van der Waals surface area (Å²) in [5.41, 5.74) is 7.63. The minimum atomic E-state index is -1.25. The molecule has 9 nitrogen and oxygen atoms in total. The molecule has 2 unspecified atom stereocenters. The lowest BCUT2D eigenvalue weighted by Gasteiger charge is -2.30. The number of hydrogen-bond donors (Lipinski definition) is 5. The second-order valence-corrected chi connectivity index (χ2v) is 5.27. The molecule has 1 aromatic carbocycles. The molecule has 0 bridgehead atoms. The number of aromatic nitrogens is 1. The Balaban J connectivity index is 0.00000208. The molecule has 0 saturated carbocycles.